The number of aliphatic hydroxyl groups is 1. The highest BCUT2D eigenvalue weighted by molar-refractivity contribution is 4.80. The van der Waals surface area contributed by atoms with Crippen LogP contribution in [0.15, 0.2) is 0 Å². The molecule has 0 spiro atoms. The monoisotopic (exact) mass is 288 g/mol. The predicted octanol–water partition coefficient (Wildman–Crippen LogP) is 6.40. The minimum Gasteiger partial charge on any atom is -0.393 e. The van der Waals surface area contributed by atoms with Crippen molar-refractivity contribution in [3.8, 4) is 0 Å². The summed E-state index contributed by atoms with van der Waals surface area (Å²) in [6, 6.07) is 0. The van der Waals surface area contributed by atoms with Crippen molar-refractivity contribution in [2.45, 2.75) is 95.1 Å². The van der Waals surface area contributed by atoms with Crippen molar-refractivity contribution in [3.05, 3.63) is 0 Å². The lowest BCUT2D eigenvalue weighted by Crippen LogP contribution is -2.31. The Morgan fingerprint density at radius 3 is 1.35 bits per heavy atom. The molecule has 2 unspecified atom stereocenters. The normalized spacial score (nSPS) is 31.2. The lowest BCUT2D eigenvalue weighted by Gasteiger charge is -2.34. The zero-order valence-corrected chi connectivity index (χ0v) is 12.4. The van der Waals surface area contributed by atoms with E-state index in [1.807, 2.05) is 0 Å². The first-order valence-electron chi connectivity index (χ1n) is 7.58. The van der Waals surface area contributed by atoms with Crippen molar-refractivity contribution < 1.29 is 5.11 Å². The Morgan fingerprint density at radius 1 is 0.750 bits per heavy atom. The summed E-state index contributed by atoms with van der Waals surface area (Å²) < 4.78 is 0. The van der Waals surface area contributed by atoms with Gasteiger partial charge in [-0.05, 0) is 55.3 Å². The van der Waals surface area contributed by atoms with Crippen molar-refractivity contribution in [3.63, 3.8) is 0 Å². The molecule has 126 valence electrons. The molecule has 0 saturated heterocycles. The number of hydrogen-bond acceptors (Lipinski definition) is 1. The van der Waals surface area contributed by atoms with Crippen molar-refractivity contribution in [1.29, 1.82) is 0 Å². The molecule has 1 N–H and O–H groups in total. The van der Waals surface area contributed by atoms with Crippen LogP contribution < -0.4 is 0 Å². The third kappa shape index (κ3) is 8.29. The molecule has 2 saturated carbocycles. The Bertz CT molecular complexity index is 204. The van der Waals surface area contributed by atoms with Crippen molar-refractivity contribution in [2.24, 2.45) is 29.6 Å². The SMILES string of the molecule is C.C.C.CC(C)C1CC(O)C1.CC1CCC(C(C)C)C1. The summed E-state index contributed by atoms with van der Waals surface area (Å²) in [5, 5.41) is 8.87. The second kappa shape index (κ2) is 11.6. The van der Waals surface area contributed by atoms with Gasteiger partial charge in [0, 0.05) is 0 Å². The Kier molecular flexibility index (Phi) is 14.5. The van der Waals surface area contributed by atoms with Gasteiger partial charge in [-0.25, -0.2) is 0 Å². The van der Waals surface area contributed by atoms with Crippen LogP contribution in [0, 0.1) is 29.6 Å². The predicted molar refractivity (Wildman–Crippen MR) is 95.1 cm³/mol. The standard InChI is InChI=1S/C9H18.C7H14O.3CH4/c1-7(2)9-5-4-8(3)6-9;1-5(2)6-3-7(8)4-6;;;/h7-9H,4-6H2,1-3H3;5-8H,3-4H2,1-2H3;3*1H4. The fraction of sp³-hybridized carbons (Fsp3) is 1.00. The fourth-order valence-electron chi connectivity index (χ4n) is 3.03. The summed E-state index contributed by atoms with van der Waals surface area (Å²) in [5.74, 6) is 4.57. The minimum atomic E-state index is 0. The topological polar surface area (TPSA) is 20.2 Å². The van der Waals surface area contributed by atoms with E-state index in [0.717, 1.165) is 42.4 Å². The quantitative estimate of drug-likeness (QED) is 0.623. The molecule has 0 amide bonds. The third-order valence-corrected chi connectivity index (χ3v) is 4.77. The van der Waals surface area contributed by atoms with E-state index in [1.54, 1.807) is 0 Å². The summed E-state index contributed by atoms with van der Waals surface area (Å²) in [6.45, 7) is 11.5. The number of rotatable bonds is 2. The van der Waals surface area contributed by atoms with E-state index < -0.39 is 0 Å². The fourth-order valence-corrected chi connectivity index (χ4v) is 3.03. The molecule has 0 bridgehead atoms. The Hall–Kier alpha value is -0.0400. The molecule has 0 radical (unpaired) electrons. The third-order valence-electron chi connectivity index (χ3n) is 4.77. The van der Waals surface area contributed by atoms with Crippen molar-refractivity contribution >= 4 is 0 Å². The van der Waals surface area contributed by atoms with E-state index in [9.17, 15) is 0 Å². The molecule has 0 aliphatic heterocycles. The molecule has 0 aromatic heterocycles. The van der Waals surface area contributed by atoms with Crippen LogP contribution in [0.3, 0.4) is 0 Å². The summed E-state index contributed by atoms with van der Waals surface area (Å²) in [7, 11) is 0. The average Bonchev–Trinajstić information content (AvgIpc) is 2.61. The lowest BCUT2D eigenvalue weighted by atomic mass is 9.75. The van der Waals surface area contributed by atoms with Crippen molar-refractivity contribution in [2.75, 3.05) is 0 Å². The molecule has 2 rings (SSSR count). The largest absolute Gasteiger partial charge is 0.393 e. The van der Waals surface area contributed by atoms with E-state index in [1.165, 1.54) is 19.3 Å². The van der Waals surface area contributed by atoms with E-state index in [2.05, 4.69) is 34.6 Å². The summed E-state index contributed by atoms with van der Waals surface area (Å²) in [4.78, 5) is 0. The lowest BCUT2D eigenvalue weighted by molar-refractivity contribution is 0.0218. The van der Waals surface area contributed by atoms with Gasteiger partial charge in [0.2, 0.25) is 0 Å². The van der Waals surface area contributed by atoms with Gasteiger partial charge < -0.3 is 5.11 Å². The Labute approximate surface area is 130 Å². The summed E-state index contributed by atoms with van der Waals surface area (Å²) >= 11 is 0. The molecule has 2 aliphatic carbocycles. The summed E-state index contributed by atoms with van der Waals surface area (Å²) in [5.41, 5.74) is 0. The highest BCUT2D eigenvalue weighted by Gasteiger charge is 2.28. The molecular weight excluding hydrogens is 244 g/mol. The first-order chi connectivity index (χ1) is 7.90. The molecule has 1 nitrogen and oxygen atoms in total. The average molecular weight is 289 g/mol. The van der Waals surface area contributed by atoms with Crippen LogP contribution in [0.25, 0.3) is 0 Å². The van der Waals surface area contributed by atoms with Crippen molar-refractivity contribution in [1.82, 2.24) is 0 Å². The van der Waals surface area contributed by atoms with Gasteiger partial charge in [-0.15, -0.1) is 0 Å². The number of aliphatic hydroxyl groups excluding tert-OH is 1. The molecule has 20 heavy (non-hydrogen) atoms. The Morgan fingerprint density at radius 2 is 1.20 bits per heavy atom. The highest BCUT2D eigenvalue weighted by atomic mass is 16.3. The Balaban J connectivity index is -0.000000252. The maximum Gasteiger partial charge on any atom is 0.0545 e. The maximum absolute atomic E-state index is 8.87. The molecule has 2 aliphatic rings. The van der Waals surface area contributed by atoms with Gasteiger partial charge in [-0.2, -0.15) is 0 Å². The van der Waals surface area contributed by atoms with Gasteiger partial charge in [0.05, 0.1) is 6.10 Å². The van der Waals surface area contributed by atoms with Crippen LogP contribution in [-0.4, -0.2) is 11.2 Å². The van der Waals surface area contributed by atoms with Gasteiger partial charge in [-0.3, -0.25) is 0 Å². The zero-order valence-electron chi connectivity index (χ0n) is 12.4. The molecule has 1 heteroatoms. The molecule has 0 heterocycles. The van der Waals surface area contributed by atoms with E-state index in [0.29, 0.717) is 0 Å². The zero-order chi connectivity index (χ0) is 13.0. The minimum absolute atomic E-state index is 0. The molecule has 2 fully saturated rings. The van der Waals surface area contributed by atoms with Gasteiger partial charge in [0.1, 0.15) is 0 Å². The van der Waals surface area contributed by atoms with E-state index in [-0.39, 0.29) is 28.4 Å². The van der Waals surface area contributed by atoms with Crippen LogP contribution >= 0.6 is 0 Å². The van der Waals surface area contributed by atoms with Gasteiger partial charge in [-0.1, -0.05) is 63.3 Å². The van der Waals surface area contributed by atoms with Crippen LogP contribution in [-0.2, 0) is 0 Å². The van der Waals surface area contributed by atoms with Gasteiger partial charge in [0.25, 0.3) is 0 Å². The van der Waals surface area contributed by atoms with E-state index in [4.69, 9.17) is 5.11 Å². The van der Waals surface area contributed by atoms with E-state index >= 15 is 0 Å². The molecule has 2 atom stereocenters. The van der Waals surface area contributed by atoms with Crippen LogP contribution in [0.5, 0.6) is 0 Å². The molecular formula is C19H44O. The molecule has 0 aromatic rings. The first kappa shape index (κ1) is 24.9. The van der Waals surface area contributed by atoms with Gasteiger partial charge >= 0.3 is 0 Å². The maximum atomic E-state index is 8.87. The first-order valence-corrected chi connectivity index (χ1v) is 7.58. The second-order valence-corrected chi connectivity index (χ2v) is 7.05. The highest BCUT2D eigenvalue weighted by Crippen LogP contribution is 2.35. The van der Waals surface area contributed by atoms with Gasteiger partial charge in [0.15, 0.2) is 0 Å². The van der Waals surface area contributed by atoms with Crippen LogP contribution in [0.4, 0.5) is 0 Å². The van der Waals surface area contributed by atoms with Crippen LogP contribution in [0.2, 0.25) is 0 Å². The number of hydrogen-bond donors (Lipinski definition) is 1. The van der Waals surface area contributed by atoms with Crippen LogP contribution in [0.1, 0.15) is 89.0 Å². The molecule has 0 aromatic carbocycles. The second-order valence-electron chi connectivity index (χ2n) is 7.05. The smallest absolute Gasteiger partial charge is 0.0545 e. The summed E-state index contributed by atoms with van der Waals surface area (Å²) in [6.07, 6.45) is 6.55.